The molecule has 5 heteroatoms. The van der Waals surface area contributed by atoms with Gasteiger partial charge in [-0.25, -0.2) is 14.4 Å². The average molecular weight is 291 g/mol. The van der Waals surface area contributed by atoms with Crippen LogP contribution in [-0.4, -0.2) is 16.5 Å². The highest BCUT2D eigenvalue weighted by molar-refractivity contribution is 7.98. The molecule has 20 heavy (non-hydrogen) atoms. The molecule has 0 aliphatic heterocycles. The zero-order valence-corrected chi connectivity index (χ0v) is 12.5. The average Bonchev–Trinajstić information content (AvgIpc) is 2.42. The van der Waals surface area contributed by atoms with Crippen molar-refractivity contribution in [3.05, 3.63) is 53.4 Å². The third-order valence-electron chi connectivity index (χ3n) is 2.67. The normalized spacial score (nSPS) is 10.8. The Morgan fingerprint density at radius 2 is 2.10 bits per heavy atom. The second kappa shape index (κ2) is 7.36. The Bertz CT molecular complexity index is 575. The van der Waals surface area contributed by atoms with Gasteiger partial charge in [-0.3, -0.25) is 0 Å². The SMILES string of the molecule is CCNCc1cc(C)nc(CSc2cccc(F)c2)n1. The highest BCUT2D eigenvalue weighted by Gasteiger charge is 2.04. The van der Waals surface area contributed by atoms with Crippen LogP contribution in [0.15, 0.2) is 35.2 Å². The van der Waals surface area contributed by atoms with Crippen LogP contribution in [0.4, 0.5) is 4.39 Å². The molecule has 0 radical (unpaired) electrons. The molecule has 2 rings (SSSR count). The van der Waals surface area contributed by atoms with Gasteiger partial charge in [-0.2, -0.15) is 0 Å². The zero-order valence-electron chi connectivity index (χ0n) is 11.7. The number of nitrogens with one attached hydrogen (secondary N) is 1. The molecule has 106 valence electrons. The van der Waals surface area contributed by atoms with E-state index in [1.54, 1.807) is 17.8 Å². The minimum atomic E-state index is -0.215. The molecule has 0 bridgehead atoms. The van der Waals surface area contributed by atoms with Crippen LogP contribution < -0.4 is 5.32 Å². The molecule has 0 aliphatic carbocycles. The van der Waals surface area contributed by atoms with Crippen LogP contribution in [0.1, 0.15) is 24.1 Å². The van der Waals surface area contributed by atoms with E-state index >= 15 is 0 Å². The molecular weight excluding hydrogens is 273 g/mol. The number of aromatic nitrogens is 2. The molecule has 0 fully saturated rings. The first-order valence-electron chi connectivity index (χ1n) is 6.60. The van der Waals surface area contributed by atoms with Crippen molar-refractivity contribution in [2.24, 2.45) is 0 Å². The van der Waals surface area contributed by atoms with Crippen LogP contribution in [0.5, 0.6) is 0 Å². The Morgan fingerprint density at radius 1 is 1.25 bits per heavy atom. The largest absolute Gasteiger partial charge is 0.311 e. The molecule has 1 heterocycles. The van der Waals surface area contributed by atoms with E-state index in [1.165, 1.54) is 12.1 Å². The molecule has 0 spiro atoms. The van der Waals surface area contributed by atoms with Gasteiger partial charge in [0.2, 0.25) is 0 Å². The van der Waals surface area contributed by atoms with E-state index in [-0.39, 0.29) is 5.82 Å². The quantitative estimate of drug-likeness (QED) is 0.829. The van der Waals surface area contributed by atoms with E-state index in [4.69, 9.17) is 0 Å². The van der Waals surface area contributed by atoms with Gasteiger partial charge in [0.1, 0.15) is 11.6 Å². The third-order valence-corrected chi connectivity index (χ3v) is 3.66. The molecule has 1 aromatic carbocycles. The molecular formula is C15H18FN3S. The van der Waals surface area contributed by atoms with Crippen molar-refractivity contribution in [2.45, 2.75) is 31.0 Å². The summed E-state index contributed by atoms with van der Waals surface area (Å²) in [4.78, 5) is 9.84. The van der Waals surface area contributed by atoms with Crippen LogP contribution >= 0.6 is 11.8 Å². The topological polar surface area (TPSA) is 37.8 Å². The summed E-state index contributed by atoms with van der Waals surface area (Å²) in [6.07, 6.45) is 0. The molecule has 0 aliphatic rings. The van der Waals surface area contributed by atoms with Crippen molar-refractivity contribution in [3.63, 3.8) is 0 Å². The monoisotopic (exact) mass is 291 g/mol. The van der Waals surface area contributed by atoms with Crippen LogP contribution in [0, 0.1) is 12.7 Å². The minimum absolute atomic E-state index is 0.215. The number of aryl methyl sites for hydroxylation is 1. The second-order valence-electron chi connectivity index (χ2n) is 4.44. The Morgan fingerprint density at radius 3 is 2.85 bits per heavy atom. The summed E-state index contributed by atoms with van der Waals surface area (Å²) >= 11 is 1.54. The molecule has 0 saturated carbocycles. The predicted molar refractivity (Wildman–Crippen MR) is 80.1 cm³/mol. The smallest absolute Gasteiger partial charge is 0.139 e. The molecule has 2 aromatic rings. The van der Waals surface area contributed by atoms with Gasteiger partial charge in [-0.05, 0) is 37.7 Å². The van der Waals surface area contributed by atoms with Gasteiger partial charge in [0.05, 0.1) is 11.4 Å². The number of rotatable bonds is 6. The lowest BCUT2D eigenvalue weighted by molar-refractivity contribution is 0.624. The van der Waals surface area contributed by atoms with Crippen molar-refractivity contribution >= 4 is 11.8 Å². The van der Waals surface area contributed by atoms with Crippen molar-refractivity contribution in [1.29, 1.82) is 0 Å². The summed E-state index contributed by atoms with van der Waals surface area (Å²) in [7, 11) is 0. The first-order chi connectivity index (χ1) is 9.67. The van der Waals surface area contributed by atoms with E-state index in [1.807, 2.05) is 19.1 Å². The zero-order chi connectivity index (χ0) is 14.4. The fourth-order valence-corrected chi connectivity index (χ4v) is 2.61. The maximum atomic E-state index is 13.1. The van der Waals surface area contributed by atoms with Crippen LogP contribution in [0.2, 0.25) is 0 Å². The van der Waals surface area contributed by atoms with Gasteiger partial charge in [0, 0.05) is 17.1 Å². The van der Waals surface area contributed by atoms with Crippen LogP contribution in [-0.2, 0) is 12.3 Å². The van der Waals surface area contributed by atoms with E-state index in [0.29, 0.717) is 5.75 Å². The summed E-state index contributed by atoms with van der Waals surface area (Å²) in [6, 6.07) is 8.56. The van der Waals surface area contributed by atoms with Crippen LogP contribution in [0.3, 0.4) is 0 Å². The van der Waals surface area contributed by atoms with Crippen LogP contribution in [0.25, 0.3) is 0 Å². The number of halogens is 1. The first-order valence-corrected chi connectivity index (χ1v) is 7.58. The fraction of sp³-hybridized carbons (Fsp3) is 0.333. The standard InChI is InChI=1S/C15H18FN3S/c1-3-17-9-13-7-11(2)18-15(19-13)10-20-14-6-4-5-12(16)8-14/h4-8,17H,3,9-10H2,1-2H3. The van der Waals surface area contributed by atoms with Gasteiger partial charge in [0.25, 0.3) is 0 Å². The van der Waals surface area contributed by atoms with Gasteiger partial charge in [-0.15, -0.1) is 11.8 Å². The van der Waals surface area contributed by atoms with E-state index < -0.39 is 0 Å². The second-order valence-corrected chi connectivity index (χ2v) is 5.49. The lowest BCUT2D eigenvalue weighted by atomic mass is 10.3. The van der Waals surface area contributed by atoms with E-state index in [9.17, 15) is 4.39 Å². The van der Waals surface area contributed by atoms with Gasteiger partial charge >= 0.3 is 0 Å². The minimum Gasteiger partial charge on any atom is -0.311 e. The number of hydrogen-bond acceptors (Lipinski definition) is 4. The number of benzene rings is 1. The Kier molecular flexibility index (Phi) is 5.49. The molecule has 0 saturated heterocycles. The lowest BCUT2D eigenvalue weighted by Crippen LogP contribution is -2.14. The van der Waals surface area contributed by atoms with Crippen molar-refractivity contribution in [3.8, 4) is 0 Å². The fourth-order valence-electron chi connectivity index (χ4n) is 1.81. The summed E-state index contributed by atoms with van der Waals surface area (Å²) in [5, 5.41) is 3.25. The molecule has 3 nitrogen and oxygen atoms in total. The van der Waals surface area contributed by atoms with Crippen molar-refractivity contribution < 1.29 is 4.39 Å². The van der Waals surface area contributed by atoms with Gasteiger partial charge < -0.3 is 5.32 Å². The lowest BCUT2D eigenvalue weighted by Gasteiger charge is -2.06. The third kappa shape index (κ3) is 4.58. The Balaban J connectivity index is 2.03. The molecule has 1 aromatic heterocycles. The Labute approximate surface area is 123 Å². The molecule has 0 unspecified atom stereocenters. The number of nitrogens with zero attached hydrogens (tertiary/aromatic N) is 2. The molecule has 0 atom stereocenters. The molecule has 0 amide bonds. The molecule has 1 N–H and O–H groups in total. The highest BCUT2D eigenvalue weighted by Crippen LogP contribution is 2.22. The Hall–Kier alpha value is -1.46. The summed E-state index contributed by atoms with van der Waals surface area (Å²) in [5.74, 6) is 1.21. The van der Waals surface area contributed by atoms with E-state index in [2.05, 4.69) is 22.2 Å². The summed E-state index contributed by atoms with van der Waals surface area (Å²) in [6.45, 7) is 5.69. The highest BCUT2D eigenvalue weighted by atomic mass is 32.2. The predicted octanol–water partition coefficient (Wildman–Crippen LogP) is 3.33. The van der Waals surface area contributed by atoms with Gasteiger partial charge in [0.15, 0.2) is 0 Å². The number of thioether (sulfide) groups is 1. The summed E-state index contributed by atoms with van der Waals surface area (Å²) in [5.41, 5.74) is 1.96. The maximum absolute atomic E-state index is 13.1. The summed E-state index contributed by atoms with van der Waals surface area (Å²) < 4.78 is 13.1. The van der Waals surface area contributed by atoms with Crippen molar-refractivity contribution in [2.75, 3.05) is 6.54 Å². The number of hydrogen-bond donors (Lipinski definition) is 1. The van der Waals surface area contributed by atoms with E-state index in [0.717, 1.165) is 35.2 Å². The van der Waals surface area contributed by atoms with Crippen molar-refractivity contribution in [1.82, 2.24) is 15.3 Å². The first kappa shape index (κ1) is 14.9. The van der Waals surface area contributed by atoms with Gasteiger partial charge in [-0.1, -0.05) is 13.0 Å². The maximum Gasteiger partial charge on any atom is 0.139 e.